The summed E-state index contributed by atoms with van der Waals surface area (Å²) in [6.45, 7) is 4.07. The Labute approximate surface area is 155 Å². The number of hydrogen-bond donors (Lipinski definition) is 1. The number of aromatic carboxylic acids is 1. The average Bonchev–Trinajstić information content (AvgIpc) is 2.68. The summed E-state index contributed by atoms with van der Waals surface area (Å²) in [5.74, 6) is 0.626. The Morgan fingerprint density at radius 1 is 1.04 bits per heavy atom. The standard InChI is InChI=1S/C22H27NO3/c24-22(25)20-7-9-21(10-8-20)26-16-4-13-23-14-11-19(12-15-23)17-18-5-2-1-3-6-18/h1-3,5-10,19H,4,11-17H2,(H,24,25). The van der Waals surface area contributed by atoms with Crippen LogP contribution in [0.2, 0.25) is 0 Å². The van der Waals surface area contributed by atoms with Gasteiger partial charge in [-0.25, -0.2) is 4.79 Å². The third kappa shape index (κ3) is 5.60. The number of hydrogen-bond acceptors (Lipinski definition) is 3. The number of carbonyl (C=O) groups is 1. The van der Waals surface area contributed by atoms with Gasteiger partial charge in [-0.2, -0.15) is 0 Å². The van der Waals surface area contributed by atoms with Gasteiger partial charge in [0.25, 0.3) is 0 Å². The van der Waals surface area contributed by atoms with Crippen LogP contribution in [0.5, 0.6) is 5.75 Å². The molecule has 0 amide bonds. The van der Waals surface area contributed by atoms with Crippen LogP contribution in [0.3, 0.4) is 0 Å². The summed E-state index contributed by atoms with van der Waals surface area (Å²) in [6, 6.07) is 17.4. The van der Waals surface area contributed by atoms with Crippen LogP contribution in [0.4, 0.5) is 0 Å². The third-order valence-electron chi connectivity index (χ3n) is 5.06. The number of rotatable bonds is 8. The smallest absolute Gasteiger partial charge is 0.335 e. The number of ether oxygens (including phenoxy) is 1. The quantitative estimate of drug-likeness (QED) is 0.726. The average molecular weight is 353 g/mol. The maximum atomic E-state index is 10.8. The van der Waals surface area contributed by atoms with E-state index in [-0.39, 0.29) is 5.56 Å². The molecule has 0 spiro atoms. The van der Waals surface area contributed by atoms with E-state index in [0.717, 1.165) is 24.6 Å². The fourth-order valence-electron chi connectivity index (χ4n) is 3.53. The summed E-state index contributed by atoms with van der Waals surface area (Å²) < 4.78 is 5.71. The highest BCUT2D eigenvalue weighted by Crippen LogP contribution is 2.21. The zero-order chi connectivity index (χ0) is 18.2. The van der Waals surface area contributed by atoms with Crippen molar-refractivity contribution < 1.29 is 14.6 Å². The fourth-order valence-corrected chi connectivity index (χ4v) is 3.53. The van der Waals surface area contributed by atoms with E-state index >= 15 is 0 Å². The second-order valence-corrected chi connectivity index (χ2v) is 7.01. The molecule has 0 bridgehead atoms. The van der Waals surface area contributed by atoms with E-state index in [9.17, 15) is 4.79 Å². The number of nitrogens with zero attached hydrogens (tertiary/aromatic N) is 1. The van der Waals surface area contributed by atoms with Crippen molar-refractivity contribution in [1.29, 1.82) is 0 Å². The molecule has 1 heterocycles. The van der Waals surface area contributed by atoms with E-state index in [0.29, 0.717) is 6.61 Å². The number of piperidine rings is 1. The Morgan fingerprint density at radius 3 is 2.38 bits per heavy atom. The lowest BCUT2D eigenvalue weighted by atomic mass is 9.90. The molecule has 1 aliphatic rings. The molecule has 1 N–H and O–H groups in total. The van der Waals surface area contributed by atoms with Gasteiger partial charge in [-0.3, -0.25) is 0 Å². The highest BCUT2D eigenvalue weighted by Gasteiger charge is 2.19. The van der Waals surface area contributed by atoms with E-state index < -0.39 is 5.97 Å². The number of benzene rings is 2. The molecule has 1 fully saturated rings. The van der Waals surface area contributed by atoms with Gasteiger partial charge in [0.1, 0.15) is 5.75 Å². The molecular formula is C22H27NO3. The van der Waals surface area contributed by atoms with Gasteiger partial charge in [0, 0.05) is 6.54 Å². The molecule has 0 atom stereocenters. The van der Waals surface area contributed by atoms with Crippen molar-refractivity contribution in [2.45, 2.75) is 25.7 Å². The van der Waals surface area contributed by atoms with Crippen LogP contribution < -0.4 is 4.74 Å². The maximum Gasteiger partial charge on any atom is 0.335 e. The first-order valence-electron chi connectivity index (χ1n) is 9.43. The van der Waals surface area contributed by atoms with Crippen LogP contribution in [0, 0.1) is 5.92 Å². The lowest BCUT2D eigenvalue weighted by molar-refractivity contribution is 0.0697. The number of carboxylic acid groups (broad SMARTS) is 1. The van der Waals surface area contributed by atoms with Crippen LogP contribution in [-0.2, 0) is 6.42 Å². The summed E-state index contributed by atoms with van der Waals surface area (Å²) >= 11 is 0. The Kier molecular flexibility index (Phi) is 6.67. The van der Waals surface area contributed by atoms with E-state index in [2.05, 4.69) is 35.2 Å². The summed E-state index contributed by atoms with van der Waals surface area (Å²) in [5, 5.41) is 8.89. The Bertz CT molecular complexity index is 676. The molecule has 3 rings (SSSR count). The predicted molar refractivity (Wildman–Crippen MR) is 103 cm³/mol. The van der Waals surface area contributed by atoms with Gasteiger partial charge in [0.05, 0.1) is 12.2 Å². The SMILES string of the molecule is O=C(O)c1ccc(OCCCN2CCC(Cc3ccccc3)CC2)cc1. The zero-order valence-electron chi connectivity index (χ0n) is 15.1. The molecule has 4 heteroatoms. The van der Waals surface area contributed by atoms with E-state index in [1.807, 2.05) is 0 Å². The Morgan fingerprint density at radius 2 is 1.73 bits per heavy atom. The van der Waals surface area contributed by atoms with E-state index in [1.165, 1.54) is 37.9 Å². The van der Waals surface area contributed by atoms with Crippen LogP contribution in [0.25, 0.3) is 0 Å². The van der Waals surface area contributed by atoms with Crippen LogP contribution in [0.1, 0.15) is 35.2 Å². The number of carboxylic acids is 1. The summed E-state index contributed by atoms with van der Waals surface area (Å²) in [6.07, 6.45) is 4.73. The van der Waals surface area contributed by atoms with Gasteiger partial charge in [-0.1, -0.05) is 30.3 Å². The summed E-state index contributed by atoms with van der Waals surface area (Å²) in [7, 11) is 0. The Balaban J connectivity index is 1.31. The van der Waals surface area contributed by atoms with Crippen LogP contribution >= 0.6 is 0 Å². The fraction of sp³-hybridized carbons (Fsp3) is 0.409. The van der Waals surface area contributed by atoms with Crippen molar-refractivity contribution in [2.24, 2.45) is 5.92 Å². The normalized spacial score (nSPS) is 15.7. The molecule has 0 unspecified atom stereocenters. The lowest BCUT2D eigenvalue weighted by Crippen LogP contribution is -2.35. The molecule has 2 aromatic carbocycles. The van der Waals surface area contributed by atoms with Crippen molar-refractivity contribution in [3.05, 3.63) is 65.7 Å². The minimum Gasteiger partial charge on any atom is -0.494 e. The molecule has 1 aliphatic heterocycles. The van der Waals surface area contributed by atoms with Gasteiger partial charge in [0.2, 0.25) is 0 Å². The van der Waals surface area contributed by atoms with Gasteiger partial charge < -0.3 is 14.7 Å². The topological polar surface area (TPSA) is 49.8 Å². The first-order valence-corrected chi connectivity index (χ1v) is 9.43. The summed E-state index contributed by atoms with van der Waals surface area (Å²) in [5.41, 5.74) is 1.74. The van der Waals surface area contributed by atoms with Crippen LogP contribution in [0.15, 0.2) is 54.6 Å². The van der Waals surface area contributed by atoms with Gasteiger partial charge in [-0.15, -0.1) is 0 Å². The van der Waals surface area contributed by atoms with Crippen LogP contribution in [-0.4, -0.2) is 42.2 Å². The van der Waals surface area contributed by atoms with Crippen molar-refractivity contribution in [3.8, 4) is 5.75 Å². The molecule has 1 saturated heterocycles. The molecule has 138 valence electrons. The van der Waals surface area contributed by atoms with E-state index in [1.54, 1.807) is 24.3 Å². The second kappa shape index (κ2) is 9.39. The predicted octanol–water partition coefficient (Wildman–Crippen LogP) is 4.11. The zero-order valence-corrected chi connectivity index (χ0v) is 15.1. The monoisotopic (exact) mass is 353 g/mol. The largest absolute Gasteiger partial charge is 0.494 e. The van der Waals surface area contributed by atoms with E-state index in [4.69, 9.17) is 9.84 Å². The molecule has 0 saturated carbocycles. The van der Waals surface area contributed by atoms with Crippen molar-refractivity contribution in [2.75, 3.05) is 26.2 Å². The highest BCUT2D eigenvalue weighted by molar-refractivity contribution is 5.87. The molecular weight excluding hydrogens is 326 g/mol. The summed E-state index contributed by atoms with van der Waals surface area (Å²) in [4.78, 5) is 13.4. The maximum absolute atomic E-state index is 10.8. The molecule has 0 aromatic heterocycles. The first kappa shape index (κ1) is 18.5. The first-order chi connectivity index (χ1) is 12.7. The molecule has 4 nitrogen and oxygen atoms in total. The van der Waals surface area contributed by atoms with Crippen molar-refractivity contribution in [3.63, 3.8) is 0 Å². The highest BCUT2D eigenvalue weighted by atomic mass is 16.5. The lowest BCUT2D eigenvalue weighted by Gasteiger charge is -2.32. The van der Waals surface area contributed by atoms with Gasteiger partial charge in [0.15, 0.2) is 0 Å². The van der Waals surface area contributed by atoms with Gasteiger partial charge in [-0.05, 0) is 74.5 Å². The second-order valence-electron chi connectivity index (χ2n) is 7.01. The van der Waals surface area contributed by atoms with Crippen molar-refractivity contribution in [1.82, 2.24) is 4.90 Å². The third-order valence-corrected chi connectivity index (χ3v) is 5.06. The minimum atomic E-state index is -0.910. The Hall–Kier alpha value is -2.33. The molecule has 0 aliphatic carbocycles. The van der Waals surface area contributed by atoms with Gasteiger partial charge >= 0.3 is 5.97 Å². The molecule has 26 heavy (non-hydrogen) atoms. The number of likely N-dealkylation sites (tertiary alicyclic amines) is 1. The molecule has 2 aromatic rings. The van der Waals surface area contributed by atoms with Crippen molar-refractivity contribution >= 4 is 5.97 Å². The minimum absolute atomic E-state index is 0.288. The molecule has 0 radical (unpaired) electrons.